The summed E-state index contributed by atoms with van der Waals surface area (Å²) in [5, 5.41) is 0. The molecule has 0 heterocycles. The lowest BCUT2D eigenvalue weighted by Crippen LogP contribution is -1.87. The summed E-state index contributed by atoms with van der Waals surface area (Å²) >= 11 is 0. The van der Waals surface area contributed by atoms with E-state index in [-0.39, 0.29) is 0 Å². The average molecular weight is 276 g/mol. The molecule has 0 spiro atoms. The third kappa shape index (κ3) is 4.64. The summed E-state index contributed by atoms with van der Waals surface area (Å²) in [5.41, 5.74) is 1.92. The average Bonchev–Trinajstić information content (AvgIpc) is 2.53. The zero-order chi connectivity index (χ0) is 14.9. The molecule has 2 heteroatoms. The number of hydrogen-bond acceptors (Lipinski definition) is 2. The molecule has 104 valence electrons. The molecule has 0 bridgehead atoms. The predicted molar refractivity (Wildman–Crippen MR) is 84.0 cm³/mol. The van der Waals surface area contributed by atoms with Crippen molar-refractivity contribution in [3.8, 4) is 35.9 Å². The van der Waals surface area contributed by atoms with Crippen molar-refractivity contribution in [1.29, 1.82) is 0 Å². The highest BCUT2D eigenvalue weighted by atomic mass is 16.5. The monoisotopic (exact) mass is 276 g/mol. The maximum absolute atomic E-state index is 5.80. The van der Waals surface area contributed by atoms with Crippen LogP contribution >= 0.6 is 0 Å². The molecule has 2 aromatic carbocycles. The normalized spacial score (nSPS) is 9.14. The first-order valence-corrected chi connectivity index (χ1v) is 6.75. The van der Waals surface area contributed by atoms with Crippen molar-refractivity contribution in [2.24, 2.45) is 0 Å². The van der Waals surface area contributed by atoms with Crippen LogP contribution in [0.2, 0.25) is 0 Å². The molecule has 0 radical (unpaired) electrons. The maximum Gasteiger partial charge on any atom is 0.127 e. The van der Waals surface area contributed by atoms with E-state index in [0.29, 0.717) is 13.0 Å². The van der Waals surface area contributed by atoms with E-state index in [1.165, 1.54) is 0 Å². The van der Waals surface area contributed by atoms with E-state index >= 15 is 0 Å². The van der Waals surface area contributed by atoms with Crippen molar-refractivity contribution in [3.63, 3.8) is 0 Å². The Balaban J connectivity index is 2.03. The molecule has 0 aliphatic rings. The molecule has 0 unspecified atom stereocenters. The molecule has 0 fully saturated rings. The molecule has 0 aromatic heterocycles. The molecule has 2 nitrogen and oxygen atoms in total. The number of terminal acetylenes is 1. The molecule has 0 amide bonds. The Bertz CT molecular complexity index is 682. The highest BCUT2D eigenvalue weighted by molar-refractivity contribution is 5.39. The Kier molecular flexibility index (Phi) is 5.33. The van der Waals surface area contributed by atoms with E-state index in [1.807, 2.05) is 55.5 Å². The van der Waals surface area contributed by atoms with Crippen LogP contribution < -0.4 is 4.74 Å². The minimum atomic E-state index is 0.601. The van der Waals surface area contributed by atoms with Gasteiger partial charge in [0.2, 0.25) is 0 Å². The van der Waals surface area contributed by atoms with Gasteiger partial charge in [-0.1, -0.05) is 24.0 Å². The van der Waals surface area contributed by atoms with Crippen LogP contribution in [-0.2, 0) is 11.2 Å². The van der Waals surface area contributed by atoms with Crippen LogP contribution in [0, 0.1) is 24.4 Å². The zero-order valence-corrected chi connectivity index (χ0v) is 11.9. The fourth-order valence-corrected chi connectivity index (χ4v) is 1.74. The van der Waals surface area contributed by atoms with Gasteiger partial charge in [-0.2, -0.15) is 0 Å². The van der Waals surface area contributed by atoms with Gasteiger partial charge in [0.15, 0.2) is 0 Å². The van der Waals surface area contributed by atoms with Gasteiger partial charge in [0.05, 0.1) is 6.61 Å². The minimum absolute atomic E-state index is 0.601. The van der Waals surface area contributed by atoms with E-state index in [9.17, 15) is 0 Å². The first kappa shape index (κ1) is 14.6. The van der Waals surface area contributed by atoms with Crippen LogP contribution in [-0.4, -0.2) is 6.61 Å². The smallest absolute Gasteiger partial charge is 0.127 e. The van der Waals surface area contributed by atoms with Gasteiger partial charge in [-0.15, -0.1) is 6.42 Å². The topological polar surface area (TPSA) is 18.5 Å². The van der Waals surface area contributed by atoms with E-state index in [2.05, 4.69) is 17.9 Å². The number of rotatable bonds is 4. The molecule has 0 saturated carbocycles. The molecule has 21 heavy (non-hydrogen) atoms. The fourth-order valence-electron chi connectivity index (χ4n) is 1.74. The molecule has 0 saturated heterocycles. The third-order valence-electron chi connectivity index (χ3n) is 2.74. The van der Waals surface area contributed by atoms with Gasteiger partial charge in [-0.05, 0) is 48.9 Å². The Morgan fingerprint density at radius 2 is 1.86 bits per heavy atom. The summed E-state index contributed by atoms with van der Waals surface area (Å²) in [5.74, 6) is 7.07. The van der Waals surface area contributed by atoms with Gasteiger partial charge >= 0.3 is 0 Å². The molecule has 0 N–H and O–H groups in total. The Morgan fingerprint density at radius 1 is 1.05 bits per heavy atom. The van der Waals surface area contributed by atoms with Gasteiger partial charge in [0.1, 0.15) is 17.6 Å². The quantitative estimate of drug-likeness (QED) is 0.786. The first-order chi connectivity index (χ1) is 10.3. The molecular formula is C19H16O2. The van der Waals surface area contributed by atoms with Crippen LogP contribution in [0.5, 0.6) is 11.5 Å². The van der Waals surface area contributed by atoms with E-state index in [0.717, 1.165) is 22.6 Å². The number of benzene rings is 2. The number of ether oxygens (including phenoxy) is 2. The van der Waals surface area contributed by atoms with Crippen LogP contribution in [0.25, 0.3) is 0 Å². The molecule has 2 rings (SSSR count). The Hall–Kier alpha value is -2.84. The molecule has 2 aromatic rings. The molecular weight excluding hydrogens is 260 g/mol. The van der Waals surface area contributed by atoms with Gasteiger partial charge < -0.3 is 9.47 Å². The second kappa shape index (κ2) is 7.68. The largest absolute Gasteiger partial charge is 0.457 e. The highest BCUT2D eigenvalue weighted by Gasteiger charge is 1.99. The molecule has 0 aliphatic heterocycles. The minimum Gasteiger partial charge on any atom is -0.457 e. The zero-order valence-electron chi connectivity index (χ0n) is 11.9. The SMILES string of the molecule is C#Cc1ccc(Oc2cccc(CC#COCC)c2)cc1. The molecule has 0 atom stereocenters. The lowest BCUT2D eigenvalue weighted by Gasteiger charge is -2.06. The second-order valence-corrected chi connectivity index (χ2v) is 4.31. The van der Waals surface area contributed by atoms with E-state index < -0.39 is 0 Å². The lowest BCUT2D eigenvalue weighted by molar-refractivity contribution is 0.299. The van der Waals surface area contributed by atoms with E-state index in [4.69, 9.17) is 15.9 Å². The van der Waals surface area contributed by atoms with Crippen molar-refractivity contribution in [2.45, 2.75) is 13.3 Å². The van der Waals surface area contributed by atoms with Gasteiger partial charge in [-0.25, -0.2) is 0 Å². The second-order valence-electron chi connectivity index (χ2n) is 4.31. The van der Waals surface area contributed by atoms with Crippen LogP contribution in [0.3, 0.4) is 0 Å². The Morgan fingerprint density at radius 3 is 2.57 bits per heavy atom. The molecule has 0 aliphatic carbocycles. The summed E-state index contributed by atoms with van der Waals surface area (Å²) in [6, 6.07) is 15.3. The third-order valence-corrected chi connectivity index (χ3v) is 2.74. The first-order valence-electron chi connectivity index (χ1n) is 6.75. The maximum atomic E-state index is 5.80. The van der Waals surface area contributed by atoms with E-state index in [1.54, 1.807) is 0 Å². The summed E-state index contributed by atoms with van der Waals surface area (Å²) in [4.78, 5) is 0. The summed E-state index contributed by atoms with van der Waals surface area (Å²) < 4.78 is 10.8. The lowest BCUT2D eigenvalue weighted by atomic mass is 10.1. The van der Waals surface area contributed by atoms with Crippen molar-refractivity contribution >= 4 is 0 Å². The number of hydrogen-bond donors (Lipinski definition) is 0. The van der Waals surface area contributed by atoms with Crippen molar-refractivity contribution in [3.05, 3.63) is 59.7 Å². The summed E-state index contributed by atoms with van der Waals surface area (Å²) in [6.07, 6.45) is 8.61. The van der Waals surface area contributed by atoms with Crippen molar-refractivity contribution in [1.82, 2.24) is 0 Å². The summed E-state index contributed by atoms with van der Waals surface area (Å²) in [7, 11) is 0. The van der Waals surface area contributed by atoms with Crippen molar-refractivity contribution in [2.75, 3.05) is 6.61 Å². The highest BCUT2D eigenvalue weighted by Crippen LogP contribution is 2.22. The standard InChI is InChI=1S/C19H16O2/c1-3-16-10-12-18(13-11-16)21-19-9-5-7-17(15-19)8-6-14-20-4-2/h1,5,7,9-13,15H,4,8H2,2H3. The predicted octanol–water partition coefficient (Wildman–Crippen LogP) is 4.00. The van der Waals surface area contributed by atoms with Crippen LogP contribution in [0.15, 0.2) is 48.5 Å². The van der Waals surface area contributed by atoms with Gasteiger partial charge in [0.25, 0.3) is 0 Å². The van der Waals surface area contributed by atoms with Crippen LogP contribution in [0.4, 0.5) is 0 Å². The van der Waals surface area contributed by atoms with Crippen molar-refractivity contribution < 1.29 is 9.47 Å². The van der Waals surface area contributed by atoms with Crippen LogP contribution in [0.1, 0.15) is 18.1 Å². The summed E-state index contributed by atoms with van der Waals surface area (Å²) in [6.45, 7) is 2.51. The fraction of sp³-hybridized carbons (Fsp3) is 0.158. The van der Waals surface area contributed by atoms with Gasteiger partial charge in [0, 0.05) is 12.0 Å². The Labute approximate surface area is 125 Å². The van der Waals surface area contributed by atoms with Gasteiger partial charge in [-0.3, -0.25) is 0 Å².